The van der Waals surface area contributed by atoms with Crippen molar-refractivity contribution < 1.29 is 13.2 Å². The Hall–Kier alpha value is -3.04. The Morgan fingerprint density at radius 3 is 2.47 bits per heavy atom. The van der Waals surface area contributed by atoms with Crippen LogP contribution in [0, 0.1) is 6.92 Å². The van der Waals surface area contributed by atoms with E-state index in [0.29, 0.717) is 25.3 Å². The highest BCUT2D eigenvalue weighted by Crippen LogP contribution is 2.23. The number of hydrogen-bond acceptors (Lipinski definition) is 5. The normalized spacial score (nSPS) is 11.6. The molecule has 0 unspecified atom stereocenters. The fourth-order valence-electron chi connectivity index (χ4n) is 3.05. The van der Waals surface area contributed by atoms with Crippen LogP contribution in [0.25, 0.3) is 0 Å². The van der Waals surface area contributed by atoms with Crippen molar-refractivity contribution in [1.29, 1.82) is 0 Å². The van der Waals surface area contributed by atoms with Crippen molar-refractivity contribution in [3.8, 4) is 0 Å². The van der Waals surface area contributed by atoms with Gasteiger partial charge in [0, 0.05) is 18.8 Å². The van der Waals surface area contributed by atoms with Crippen molar-refractivity contribution in [2.45, 2.75) is 32.2 Å². The molecule has 0 bridgehead atoms. The number of anilines is 1. The van der Waals surface area contributed by atoms with Crippen LogP contribution >= 0.6 is 0 Å². The second-order valence-electron chi connectivity index (χ2n) is 6.81. The maximum absolute atomic E-state index is 12.8. The van der Waals surface area contributed by atoms with E-state index in [1.807, 2.05) is 30.3 Å². The quantitative estimate of drug-likeness (QED) is 0.596. The van der Waals surface area contributed by atoms with E-state index in [1.54, 1.807) is 43.8 Å². The maximum atomic E-state index is 12.8. The predicted octanol–water partition coefficient (Wildman–Crippen LogP) is 2.92. The van der Waals surface area contributed by atoms with Crippen LogP contribution in [0.2, 0.25) is 0 Å². The summed E-state index contributed by atoms with van der Waals surface area (Å²) in [7, 11) is -3.62. The molecule has 0 atom stereocenters. The van der Waals surface area contributed by atoms with E-state index in [9.17, 15) is 13.2 Å². The van der Waals surface area contributed by atoms with Gasteiger partial charge in [-0.1, -0.05) is 55.5 Å². The van der Waals surface area contributed by atoms with Gasteiger partial charge in [0.25, 0.3) is 5.91 Å². The molecule has 1 aromatic heterocycles. The van der Waals surface area contributed by atoms with Gasteiger partial charge in [-0.3, -0.25) is 4.79 Å². The molecule has 0 saturated carbocycles. The van der Waals surface area contributed by atoms with E-state index >= 15 is 0 Å². The summed E-state index contributed by atoms with van der Waals surface area (Å²) < 4.78 is 28.5. The molecule has 8 nitrogen and oxygen atoms in total. The number of sulfonamides is 1. The van der Waals surface area contributed by atoms with Gasteiger partial charge in [-0.25, -0.2) is 13.1 Å². The summed E-state index contributed by atoms with van der Waals surface area (Å²) in [6.07, 6.45) is 1.56. The van der Waals surface area contributed by atoms with Crippen molar-refractivity contribution >= 4 is 21.6 Å². The molecular weight excluding hydrogens is 402 g/mol. The predicted molar refractivity (Wildman–Crippen MR) is 115 cm³/mol. The fraction of sp³-hybridized carbons (Fsp3) is 0.286. The van der Waals surface area contributed by atoms with Gasteiger partial charge in [0.05, 0.1) is 17.6 Å². The van der Waals surface area contributed by atoms with Crippen molar-refractivity contribution in [2.24, 2.45) is 0 Å². The third kappa shape index (κ3) is 4.74. The molecule has 158 valence electrons. The van der Waals surface area contributed by atoms with Crippen LogP contribution in [-0.4, -0.2) is 46.7 Å². The summed E-state index contributed by atoms with van der Waals surface area (Å²) in [5.41, 5.74) is 2.37. The van der Waals surface area contributed by atoms with E-state index in [4.69, 9.17) is 0 Å². The monoisotopic (exact) mass is 427 g/mol. The summed E-state index contributed by atoms with van der Waals surface area (Å²) in [6, 6.07) is 14.4. The van der Waals surface area contributed by atoms with Gasteiger partial charge in [0.2, 0.25) is 10.0 Å². The van der Waals surface area contributed by atoms with Gasteiger partial charge in [-0.15, -0.1) is 5.10 Å². The lowest BCUT2D eigenvalue weighted by Gasteiger charge is -2.19. The minimum Gasteiger partial charge on any atom is -0.320 e. The van der Waals surface area contributed by atoms with Crippen LogP contribution in [0.1, 0.15) is 35.5 Å². The second kappa shape index (κ2) is 9.19. The molecule has 3 rings (SSSR count). The molecule has 9 heteroatoms. The molecule has 30 heavy (non-hydrogen) atoms. The number of rotatable bonds is 8. The molecule has 1 amide bonds. The van der Waals surface area contributed by atoms with E-state index in [1.165, 1.54) is 10.4 Å². The number of benzene rings is 2. The van der Waals surface area contributed by atoms with Crippen molar-refractivity contribution in [1.82, 2.24) is 19.3 Å². The third-order valence-corrected chi connectivity index (χ3v) is 6.80. The minimum atomic E-state index is -3.62. The average molecular weight is 428 g/mol. The Labute approximate surface area is 176 Å². The second-order valence-corrected chi connectivity index (χ2v) is 8.75. The molecule has 2 aromatic carbocycles. The first-order valence-electron chi connectivity index (χ1n) is 9.71. The summed E-state index contributed by atoms with van der Waals surface area (Å²) in [5, 5.41) is 10.7. The first-order valence-corrected chi connectivity index (χ1v) is 11.1. The van der Waals surface area contributed by atoms with Gasteiger partial charge in [-0.05, 0) is 30.2 Å². The average Bonchev–Trinajstić information content (AvgIpc) is 3.19. The highest BCUT2D eigenvalue weighted by atomic mass is 32.2. The van der Waals surface area contributed by atoms with E-state index in [0.717, 1.165) is 11.1 Å². The number of aryl methyl sites for hydroxylation is 1. The molecule has 0 aliphatic carbocycles. The van der Waals surface area contributed by atoms with Crippen LogP contribution in [-0.2, 0) is 16.6 Å². The van der Waals surface area contributed by atoms with Crippen LogP contribution in [0.15, 0.2) is 59.6 Å². The molecule has 3 aromatic rings. The largest absolute Gasteiger partial charge is 0.320 e. The van der Waals surface area contributed by atoms with Crippen molar-refractivity contribution in [3.63, 3.8) is 0 Å². The Bertz CT molecular complexity index is 1120. The molecule has 0 aliphatic heterocycles. The number of carbonyl (C=O) groups is 1. The number of nitrogens with one attached hydrogen (secondary N) is 1. The Balaban J connectivity index is 1.79. The Morgan fingerprint density at radius 1 is 1.10 bits per heavy atom. The van der Waals surface area contributed by atoms with Crippen LogP contribution in [0.5, 0.6) is 0 Å². The summed E-state index contributed by atoms with van der Waals surface area (Å²) >= 11 is 0. The molecule has 0 aliphatic rings. The van der Waals surface area contributed by atoms with Crippen LogP contribution in [0.3, 0.4) is 0 Å². The SMILES string of the molecule is CCN(CC)S(=O)(=O)c1ccc(C)c(NC(=O)c2cn(Cc3ccccc3)nn2)c1. The fourth-order valence-corrected chi connectivity index (χ4v) is 4.53. The van der Waals surface area contributed by atoms with Gasteiger partial charge < -0.3 is 5.32 Å². The number of nitrogens with zero attached hydrogens (tertiary/aromatic N) is 4. The molecule has 0 saturated heterocycles. The first-order chi connectivity index (χ1) is 14.3. The number of carbonyl (C=O) groups excluding carboxylic acids is 1. The van der Waals surface area contributed by atoms with Crippen molar-refractivity contribution in [2.75, 3.05) is 18.4 Å². The highest BCUT2D eigenvalue weighted by Gasteiger charge is 2.23. The molecule has 0 radical (unpaired) electrons. The van der Waals surface area contributed by atoms with E-state index in [-0.39, 0.29) is 10.6 Å². The van der Waals surface area contributed by atoms with Gasteiger partial charge >= 0.3 is 0 Å². The number of hydrogen-bond donors (Lipinski definition) is 1. The molecule has 0 fully saturated rings. The first kappa shape index (κ1) is 21.7. The zero-order chi connectivity index (χ0) is 21.7. The third-order valence-electron chi connectivity index (χ3n) is 4.76. The van der Waals surface area contributed by atoms with Gasteiger partial charge in [0.1, 0.15) is 0 Å². The number of aromatic nitrogens is 3. The van der Waals surface area contributed by atoms with Crippen LogP contribution < -0.4 is 5.32 Å². The minimum absolute atomic E-state index is 0.139. The van der Waals surface area contributed by atoms with E-state index in [2.05, 4.69) is 15.6 Å². The lowest BCUT2D eigenvalue weighted by atomic mass is 10.2. The number of amides is 1. The van der Waals surface area contributed by atoms with Crippen LogP contribution in [0.4, 0.5) is 5.69 Å². The lowest BCUT2D eigenvalue weighted by molar-refractivity contribution is 0.102. The molecular formula is C21H25N5O3S. The topological polar surface area (TPSA) is 97.2 Å². The zero-order valence-electron chi connectivity index (χ0n) is 17.2. The summed E-state index contributed by atoms with van der Waals surface area (Å²) in [6.45, 7) is 6.62. The zero-order valence-corrected chi connectivity index (χ0v) is 18.1. The Kier molecular flexibility index (Phi) is 6.63. The maximum Gasteiger partial charge on any atom is 0.277 e. The molecule has 1 N–H and O–H groups in total. The smallest absolute Gasteiger partial charge is 0.277 e. The van der Waals surface area contributed by atoms with Crippen molar-refractivity contribution in [3.05, 3.63) is 71.5 Å². The molecule has 0 spiro atoms. The lowest BCUT2D eigenvalue weighted by Crippen LogP contribution is -2.30. The van der Waals surface area contributed by atoms with Gasteiger partial charge in [0.15, 0.2) is 5.69 Å². The Morgan fingerprint density at radius 2 is 1.80 bits per heavy atom. The summed E-state index contributed by atoms with van der Waals surface area (Å²) in [4.78, 5) is 12.8. The standard InChI is InChI=1S/C21H25N5O3S/c1-4-26(5-2)30(28,29)18-12-11-16(3)19(13-18)22-21(27)20-15-25(24-23-20)14-17-9-7-6-8-10-17/h6-13,15H,4-5,14H2,1-3H3,(H,22,27). The highest BCUT2D eigenvalue weighted by molar-refractivity contribution is 7.89. The van der Waals surface area contributed by atoms with E-state index < -0.39 is 15.9 Å². The molecule has 1 heterocycles. The van der Waals surface area contributed by atoms with Gasteiger partial charge in [-0.2, -0.15) is 4.31 Å². The summed E-state index contributed by atoms with van der Waals surface area (Å²) in [5.74, 6) is -0.449.